The van der Waals surface area contributed by atoms with Gasteiger partial charge in [0.25, 0.3) is 5.91 Å². The molecule has 94 valence electrons. The number of halogens is 1. The number of hydrogen-bond acceptors (Lipinski definition) is 5. The maximum atomic E-state index is 11.9. The van der Waals surface area contributed by atoms with Gasteiger partial charge in [-0.2, -0.15) is 9.36 Å². The van der Waals surface area contributed by atoms with Crippen molar-refractivity contribution in [2.75, 3.05) is 11.1 Å². The van der Waals surface area contributed by atoms with E-state index in [0.717, 1.165) is 5.75 Å². The third-order valence-corrected chi connectivity index (χ3v) is 3.70. The molecule has 0 aliphatic rings. The molecule has 0 radical (unpaired) electrons. The number of hydrogen-bond donors (Lipinski definition) is 1. The van der Waals surface area contributed by atoms with Gasteiger partial charge >= 0.3 is 0 Å². The molecule has 0 aliphatic carbocycles. The molecule has 0 aliphatic heterocycles. The lowest BCUT2D eigenvalue weighted by atomic mass is 10.2. The number of nitrogens with zero attached hydrogens (tertiary/aromatic N) is 2. The van der Waals surface area contributed by atoms with E-state index < -0.39 is 0 Å². The molecule has 1 aromatic carbocycles. The number of amides is 1. The van der Waals surface area contributed by atoms with Gasteiger partial charge in [-0.3, -0.25) is 10.1 Å². The highest BCUT2D eigenvalue weighted by atomic mass is 35.5. The van der Waals surface area contributed by atoms with Crippen LogP contribution in [0.1, 0.15) is 17.3 Å². The third-order valence-electron chi connectivity index (χ3n) is 1.99. The second-order valence-electron chi connectivity index (χ2n) is 3.28. The summed E-state index contributed by atoms with van der Waals surface area (Å²) in [5.74, 6) is 0.667. The fourth-order valence-corrected chi connectivity index (χ4v) is 2.70. The quantitative estimate of drug-likeness (QED) is 0.877. The minimum atomic E-state index is -0.235. The molecule has 7 heteroatoms. The first-order valence-corrected chi connectivity index (χ1v) is 7.36. The molecule has 0 spiro atoms. The highest BCUT2D eigenvalue weighted by molar-refractivity contribution is 7.99. The van der Waals surface area contributed by atoms with Crippen LogP contribution in [0.3, 0.4) is 0 Å². The average molecular weight is 300 g/mol. The Balaban J connectivity index is 2.06. The number of thioether (sulfide) groups is 1. The molecule has 18 heavy (non-hydrogen) atoms. The van der Waals surface area contributed by atoms with Crippen molar-refractivity contribution in [3.63, 3.8) is 0 Å². The summed E-state index contributed by atoms with van der Waals surface area (Å²) in [6, 6.07) is 6.76. The fourth-order valence-electron chi connectivity index (χ4n) is 1.25. The maximum Gasteiger partial charge on any atom is 0.257 e. The first-order valence-electron chi connectivity index (χ1n) is 5.22. The van der Waals surface area contributed by atoms with E-state index in [-0.39, 0.29) is 5.91 Å². The molecular weight excluding hydrogens is 290 g/mol. The topological polar surface area (TPSA) is 54.9 Å². The first-order chi connectivity index (χ1) is 8.69. The van der Waals surface area contributed by atoms with E-state index in [4.69, 9.17) is 11.6 Å². The van der Waals surface area contributed by atoms with Gasteiger partial charge < -0.3 is 0 Å². The van der Waals surface area contributed by atoms with E-state index >= 15 is 0 Å². The Morgan fingerprint density at radius 1 is 1.56 bits per heavy atom. The van der Waals surface area contributed by atoms with Crippen LogP contribution >= 0.6 is 34.9 Å². The van der Waals surface area contributed by atoms with Gasteiger partial charge in [-0.05, 0) is 24.0 Å². The smallest absolute Gasteiger partial charge is 0.257 e. The van der Waals surface area contributed by atoms with Gasteiger partial charge in [-0.1, -0.05) is 36.4 Å². The van der Waals surface area contributed by atoms with Crippen molar-refractivity contribution in [2.45, 2.75) is 12.1 Å². The Hall–Kier alpha value is -1.11. The zero-order valence-corrected chi connectivity index (χ0v) is 11.9. The second-order valence-corrected chi connectivity index (χ2v) is 5.70. The predicted molar refractivity (Wildman–Crippen MR) is 75.7 cm³/mol. The monoisotopic (exact) mass is 299 g/mol. The van der Waals surface area contributed by atoms with E-state index in [1.807, 2.05) is 6.92 Å². The summed E-state index contributed by atoms with van der Waals surface area (Å²) in [5, 5.41) is 4.41. The van der Waals surface area contributed by atoms with Crippen molar-refractivity contribution >= 4 is 45.9 Å². The maximum absolute atomic E-state index is 11.9. The van der Waals surface area contributed by atoms with E-state index in [0.29, 0.717) is 20.9 Å². The number of anilines is 1. The number of rotatable bonds is 4. The normalized spacial score (nSPS) is 10.3. The molecule has 2 rings (SSSR count). The van der Waals surface area contributed by atoms with Crippen LogP contribution in [0, 0.1) is 0 Å². The van der Waals surface area contributed by atoms with Gasteiger partial charge in [0.2, 0.25) is 10.3 Å². The van der Waals surface area contributed by atoms with Crippen LogP contribution in [0.15, 0.2) is 29.4 Å². The number of carbonyl (C=O) groups is 1. The van der Waals surface area contributed by atoms with Gasteiger partial charge in [0.1, 0.15) is 0 Å². The predicted octanol–water partition coefficient (Wildman–Crippen LogP) is 3.56. The molecule has 0 fully saturated rings. The lowest BCUT2D eigenvalue weighted by molar-refractivity contribution is 0.102. The molecule has 2 aromatic rings. The Morgan fingerprint density at radius 2 is 2.39 bits per heavy atom. The minimum absolute atomic E-state index is 0.235. The van der Waals surface area contributed by atoms with Crippen LogP contribution in [0.25, 0.3) is 0 Å². The zero-order valence-electron chi connectivity index (χ0n) is 9.51. The fraction of sp³-hybridized carbons (Fsp3) is 0.182. The Bertz CT molecular complexity index is 559. The first kappa shape index (κ1) is 13.3. The molecule has 1 aromatic heterocycles. The largest absolute Gasteiger partial charge is 0.297 e. The van der Waals surface area contributed by atoms with E-state index in [2.05, 4.69) is 14.7 Å². The number of nitrogens with one attached hydrogen (secondary N) is 1. The van der Waals surface area contributed by atoms with Crippen LogP contribution in [0.2, 0.25) is 5.02 Å². The van der Waals surface area contributed by atoms with Crippen molar-refractivity contribution in [3.05, 3.63) is 34.9 Å². The number of carbonyl (C=O) groups excluding carboxylic acids is 1. The molecule has 4 nitrogen and oxygen atoms in total. The van der Waals surface area contributed by atoms with Crippen molar-refractivity contribution in [1.82, 2.24) is 9.36 Å². The molecule has 0 unspecified atom stereocenters. The van der Waals surface area contributed by atoms with Gasteiger partial charge in [0.15, 0.2) is 0 Å². The standard InChI is InChI=1S/C11H10ClN3OS2/c1-2-17-11-14-10(18-15-11)13-9(16)7-4-3-5-8(12)6-7/h3-6H,2H2,1H3,(H,13,14,15,16). The molecule has 0 atom stereocenters. The van der Waals surface area contributed by atoms with Crippen LogP contribution in [-0.4, -0.2) is 21.0 Å². The molecule has 1 N–H and O–H groups in total. The lowest BCUT2D eigenvalue weighted by Gasteiger charge is -2.01. The lowest BCUT2D eigenvalue weighted by Crippen LogP contribution is -2.11. The summed E-state index contributed by atoms with van der Waals surface area (Å²) in [5.41, 5.74) is 0.502. The Labute approximate surface area is 118 Å². The third kappa shape index (κ3) is 3.44. The Kier molecular flexibility index (Phi) is 4.57. The molecule has 1 amide bonds. The molecule has 1 heterocycles. The number of benzene rings is 1. The van der Waals surface area contributed by atoms with Gasteiger partial charge in [-0.25, -0.2) is 0 Å². The second kappa shape index (κ2) is 6.17. The summed E-state index contributed by atoms with van der Waals surface area (Å²) in [4.78, 5) is 16.1. The minimum Gasteiger partial charge on any atom is -0.297 e. The number of aromatic nitrogens is 2. The average Bonchev–Trinajstić information content (AvgIpc) is 2.77. The highest BCUT2D eigenvalue weighted by Crippen LogP contribution is 2.20. The molecule has 0 saturated heterocycles. The molecule has 0 saturated carbocycles. The van der Waals surface area contributed by atoms with Crippen LogP contribution in [-0.2, 0) is 0 Å². The van der Waals surface area contributed by atoms with E-state index in [1.54, 1.807) is 24.3 Å². The van der Waals surface area contributed by atoms with Crippen molar-refractivity contribution in [2.24, 2.45) is 0 Å². The van der Waals surface area contributed by atoms with Crippen LogP contribution in [0.5, 0.6) is 0 Å². The van der Waals surface area contributed by atoms with Gasteiger partial charge in [-0.15, -0.1) is 0 Å². The van der Waals surface area contributed by atoms with E-state index in [1.165, 1.54) is 23.3 Å². The zero-order chi connectivity index (χ0) is 13.0. The summed E-state index contributed by atoms with van der Waals surface area (Å²) in [6.45, 7) is 2.02. The van der Waals surface area contributed by atoms with Crippen LogP contribution in [0.4, 0.5) is 5.13 Å². The van der Waals surface area contributed by atoms with Crippen LogP contribution < -0.4 is 5.32 Å². The highest BCUT2D eigenvalue weighted by Gasteiger charge is 2.10. The summed E-state index contributed by atoms with van der Waals surface area (Å²) >= 11 is 8.54. The van der Waals surface area contributed by atoms with E-state index in [9.17, 15) is 4.79 Å². The SMILES string of the molecule is CCSc1nsc(NC(=O)c2cccc(Cl)c2)n1. The van der Waals surface area contributed by atoms with Crippen molar-refractivity contribution < 1.29 is 4.79 Å². The molecule has 0 bridgehead atoms. The van der Waals surface area contributed by atoms with Gasteiger partial charge in [0.05, 0.1) is 0 Å². The summed E-state index contributed by atoms with van der Waals surface area (Å²) in [6.07, 6.45) is 0. The molecular formula is C11H10ClN3OS2. The van der Waals surface area contributed by atoms with Crippen molar-refractivity contribution in [1.29, 1.82) is 0 Å². The summed E-state index contributed by atoms with van der Waals surface area (Å²) < 4.78 is 4.12. The van der Waals surface area contributed by atoms with Gasteiger partial charge in [0, 0.05) is 22.1 Å². The Morgan fingerprint density at radius 3 is 3.11 bits per heavy atom. The van der Waals surface area contributed by atoms with Crippen molar-refractivity contribution in [3.8, 4) is 0 Å². The summed E-state index contributed by atoms with van der Waals surface area (Å²) in [7, 11) is 0.